The molecule has 2 N–H and O–H groups in total. The molecule has 0 aromatic rings. The molecule has 0 radical (unpaired) electrons. The minimum atomic E-state index is -3.00. The SMILES string of the molecule is CC(N)CSCC1CCCN(S(C)(=O)=O)C1. The summed E-state index contributed by atoms with van der Waals surface area (Å²) in [7, 11) is -3.00. The second-order valence-corrected chi connectivity index (χ2v) is 7.70. The summed E-state index contributed by atoms with van der Waals surface area (Å²) < 4.78 is 24.4. The smallest absolute Gasteiger partial charge is 0.211 e. The topological polar surface area (TPSA) is 63.4 Å². The van der Waals surface area contributed by atoms with E-state index in [1.54, 1.807) is 4.31 Å². The van der Waals surface area contributed by atoms with E-state index in [-0.39, 0.29) is 6.04 Å². The van der Waals surface area contributed by atoms with Gasteiger partial charge in [-0.15, -0.1) is 0 Å². The van der Waals surface area contributed by atoms with Crippen molar-refractivity contribution in [3.05, 3.63) is 0 Å². The third-order valence-corrected chi connectivity index (χ3v) is 5.42. The van der Waals surface area contributed by atoms with E-state index in [4.69, 9.17) is 5.73 Å². The summed E-state index contributed by atoms with van der Waals surface area (Å²) in [6.45, 7) is 3.37. The molecule has 0 aromatic carbocycles. The van der Waals surface area contributed by atoms with Crippen LogP contribution < -0.4 is 5.73 Å². The third kappa shape index (κ3) is 5.03. The van der Waals surface area contributed by atoms with Crippen LogP contribution in [-0.2, 0) is 10.0 Å². The van der Waals surface area contributed by atoms with E-state index in [0.717, 1.165) is 24.3 Å². The maximum atomic E-state index is 11.4. The minimum absolute atomic E-state index is 0.222. The number of thioether (sulfide) groups is 1. The summed E-state index contributed by atoms with van der Waals surface area (Å²) in [5.41, 5.74) is 5.68. The highest BCUT2D eigenvalue weighted by molar-refractivity contribution is 7.99. The second kappa shape index (κ2) is 6.23. The van der Waals surface area contributed by atoms with E-state index in [0.29, 0.717) is 19.0 Å². The summed E-state index contributed by atoms with van der Waals surface area (Å²) in [5, 5.41) is 0. The van der Waals surface area contributed by atoms with E-state index in [1.807, 2.05) is 18.7 Å². The van der Waals surface area contributed by atoms with Crippen LogP contribution in [0.2, 0.25) is 0 Å². The van der Waals surface area contributed by atoms with Crippen LogP contribution in [0.15, 0.2) is 0 Å². The fourth-order valence-electron chi connectivity index (χ4n) is 1.88. The van der Waals surface area contributed by atoms with Gasteiger partial charge in [0.1, 0.15) is 0 Å². The van der Waals surface area contributed by atoms with Gasteiger partial charge in [-0.1, -0.05) is 0 Å². The van der Waals surface area contributed by atoms with Gasteiger partial charge in [-0.05, 0) is 31.4 Å². The molecule has 0 aliphatic carbocycles. The Morgan fingerprint density at radius 2 is 2.25 bits per heavy atom. The Morgan fingerprint density at radius 3 is 2.81 bits per heavy atom. The number of rotatable bonds is 5. The molecule has 0 amide bonds. The van der Waals surface area contributed by atoms with Gasteiger partial charge in [0.15, 0.2) is 0 Å². The van der Waals surface area contributed by atoms with Crippen LogP contribution in [0.5, 0.6) is 0 Å². The van der Waals surface area contributed by atoms with Crippen LogP contribution in [0.4, 0.5) is 0 Å². The van der Waals surface area contributed by atoms with Crippen molar-refractivity contribution in [2.24, 2.45) is 11.7 Å². The predicted molar refractivity (Wildman–Crippen MR) is 70.1 cm³/mol. The molecule has 2 unspecified atom stereocenters. The molecule has 1 saturated heterocycles. The van der Waals surface area contributed by atoms with Gasteiger partial charge in [-0.3, -0.25) is 0 Å². The van der Waals surface area contributed by atoms with E-state index in [1.165, 1.54) is 6.26 Å². The molecule has 1 heterocycles. The number of hydrogen-bond donors (Lipinski definition) is 1. The van der Waals surface area contributed by atoms with Crippen molar-refractivity contribution in [3.8, 4) is 0 Å². The van der Waals surface area contributed by atoms with Crippen molar-refractivity contribution < 1.29 is 8.42 Å². The van der Waals surface area contributed by atoms with Gasteiger partial charge in [0.25, 0.3) is 0 Å². The third-order valence-electron chi connectivity index (χ3n) is 2.69. The molecule has 0 saturated carbocycles. The molecule has 1 aliphatic rings. The van der Waals surface area contributed by atoms with Gasteiger partial charge in [-0.25, -0.2) is 12.7 Å². The molecule has 2 atom stereocenters. The molecule has 0 bridgehead atoms. The first-order valence-electron chi connectivity index (χ1n) is 5.68. The van der Waals surface area contributed by atoms with E-state index in [9.17, 15) is 8.42 Å². The number of piperidine rings is 1. The largest absolute Gasteiger partial charge is 0.327 e. The molecule has 0 spiro atoms. The Hall–Kier alpha value is 0.220. The fraction of sp³-hybridized carbons (Fsp3) is 1.00. The fourth-order valence-corrected chi connectivity index (χ4v) is 3.94. The van der Waals surface area contributed by atoms with Crippen LogP contribution in [0.1, 0.15) is 19.8 Å². The summed E-state index contributed by atoms with van der Waals surface area (Å²) >= 11 is 1.83. The van der Waals surface area contributed by atoms with Crippen LogP contribution in [0, 0.1) is 5.92 Å². The summed E-state index contributed by atoms with van der Waals surface area (Å²) in [6, 6.07) is 0.222. The van der Waals surface area contributed by atoms with Gasteiger partial charge in [-0.2, -0.15) is 11.8 Å². The highest BCUT2D eigenvalue weighted by Crippen LogP contribution is 2.22. The molecular formula is C10H22N2O2S2. The minimum Gasteiger partial charge on any atom is -0.327 e. The van der Waals surface area contributed by atoms with Crippen molar-refractivity contribution in [2.75, 3.05) is 30.9 Å². The van der Waals surface area contributed by atoms with Gasteiger partial charge < -0.3 is 5.73 Å². The maximum Gasteiger partial charge on any atom is 0.211 e. The van der Waals surface area contributed by atoms with E-state index < -0.39 is 10.0 Å². The van der Waals surface area contributed by atoms with Gasteiger partial charge in [0.05, 0.1) is 6.26 Å². The molecule has 4 nitrogen and oxygen atoms in total. The monoisotopic (exact) mass is 266 g/mol. The van der Waals surface area contributed by atoms with Gasteiger partial charge in [0, 0.05) is 24.9 Å². The van der Waals surface area contributed by atoms with Gasteiger partial charge in [0.2, 0.25) is 10.0 Å². The van der Waals surface area contributed by atoms with Crippen LogP contribution in [0.3, 0.4) is 0 Å². The van der Waals surface area contributed by atoms with Crippen molar-refractivity contribution in [2.45, 2.75) is 25.8 Å². The van der Waals surface area contributed by atoms with Gasteiger partial charge >= 0.3 is 0 Å². The Labute approximate surface area is 103 Å². The summed E-state index contributed by atoms with van der Waals surface area (Å²) in [4.78, 5) is 0. The Kier molecular flexibility index (Phi) is 5.56. The average molecular weight is 266 g/mol. The van der Waals surface area contributed by atoms with Crippen LogP contribution in [-0.4, -0.2) is 49.6 Å². The first-order chi connectivity index (χ1) is 7.39. The summed E-state index contributed by atoms with van der Waals surface area (Å²) in [5.74, 6) is 2.47. The van der Waals surface area contributed by atoms with Crippen molar-refractivity contribution in [3.63, 3.8) is 0 Å². The lowest BCUT2D eigenvalue weighted by atomic mass is 10.0. The second-order valence-electron chi connectivity index (χ2n) is 4.64. The lowest BCUT2D eigenvalue weighted by Crippen LogP contribution is -2.40. The number of nitrogens with two attached hydrogens (primary N) is 1. The normalized spacial score (nSPS) is 25.6. The standard InChI is InChI=1S/C10H22N2O2S2/c1-9(11)7-15-8-10-4-3-5-12(6-10)16(2,13)14/h9-10H,3-8,11H2,1-2H3. The number of hydrogen-bond acceptors (Lipinski definition) is 4. The molecule has 0 aromatic heterocycles. The highest BCUT2D eigenvalue weighted by Gasteiger charge is 2.25. The zero-order valence-electron chi connectivity index (χ0n) is 10.1. The Bertz CT molecular complexity index is 304. The molecule has 6 heteroatoms. The van der Waals surface area contributed by atoms with Crippen LogP contribution in [0.25, 0.3) is 0 Å². The predicted octanol–water partition coefficient (Wildman–Crippen LogP) is 0.738. The van der Waals surface area contributed by atoms with Crippen LogP contribution >= 0.6 is 11.8 Å². The zero-order chi connectivity index (χ0) is 12.2. The lowest BCUT2D eigenvalue weighted by Gasteiger charge is -2.30. The van der Waals surface area contributed by atoms with Crippen molar-refractivity contribution in [1.29, 1.82) is 0 Å². The quantitative estimate of drug-likeness (QED) is 0.797. The zero-order valence-corrected chi connectivity index (χ0v) is 11.7. The first-order valence-corrected chi connectivity index (χ1v) is 8.68. The van der Waals surface area contributed by atoms with Crippen molar-refractivity contribution in [1.82, 2.24) is 4.31 Å². The molecule has 1 aliphatic heterocycles. The Morgan fingerprint density at radius 1 is 1.56 bits per heavy atom. The molecule has 96 valence electrons. The van der Waals surface area contributed by atoms with E-state index in [2.05, 4.69) is 0 Å². The Balaban J connectivity index is 2.34. The molecule has 16 heavy (non-hydrogen) atoms. The molecule has 1 fully saturated rings. The highest BCUT2D eigenvalue weighted by atomic mass is 32.2. The maximum absolute atomic E-state index is 11.4. The molecule has 1 rings (SSSR count). The first kappa shape index (κ1) is 14.3. The van der Waals surface area contributed by atoms with E-state index >= 15 is 0 Å². The number of sulfonamides is 1. The lowest BCUT2D eigenvalue weighted by molar-refractivity contribution is 0.286. The van der Waals surface area contributed by atoms with Crippen molar-refractivity contribution >= 4 is 21.8 Å². The average Bonchev–Trinajstić information content (AvgIpc) is 2.16. The molecular weight excluding hydrogens is 244 g/mol. The number of nitrogens with zero attached hydrogens (tertiary/aromatic N) is 1. The summed E-state index contributed by atoms with van der Waals surface area (Å²) in [6.07, 6.45) is 3.42.